The minimum absolute atomic E-state index is 0.515. The van der Waals surface area contributed by atoms with E-state index in [2.05, 4.69) is 39.1 Å². The predicted molar refractivity (Wildman–Crippen MR) is 96.4 cm³/mol. The van der Waals surface area contributed by atoms with Gasteiger partial charge in [0.15, 0.2) is 0 Å². The molecule has 0 saturated carbocycles. The van der Waals surface area contributed by atoms with Crippen LogP contribution in [0, 0.1) is 0 Å². The van der Waals surface area contributed by atoms with Gasteiger partial charge < -0.3 is 9.15 Å². The lowest BCUT2D eigenvalue weighted by Crippen LogP contribution is -2.52. The van der Waals surface area contributed by atoms with Gasteiger partial charge in [0.05, 0.1) is 19.6 Å². The fourth-order valence-electron chi connectivity index (χ4n) is 3.26. The van der Waals surface area contributed by atoms with Gasteiger partial charge in [-0.15, -0.1) is 10.2 Å². The van der Waals surface area contributed by atoms with E-state index in [1.165, 1.54) is 5.56 Å². The summed E-state index contributed by atoms with van der Waals surface area (Å²) in [4.78, 5) is 4.88. The number of hydrogen-bond acceptors (Lipinski definition) is 6. The third kappa shape index (κ3) is 5.36. The van der Waals surface area contributed by atoms with Gasteiger partial charge in [0.25, 0.3) is 0 Å². The summed E-state index contributed by atoms with van der Waals surface area (Å²) in [7, 11) is 0. The highest BCUT2D eigenvalue weighted by Crippen LogP contribution is 2.14. The number of piperazine rings is 1. The highest BCUT2D eigenvalue weighted by atomic mass is 16.5. The number of rotatable bonds is 8. The summed E-state index contributed by atoms with van der Waals surface area (Å²) < 4.78 is 11.3. The second-order valence-electron chi connectivity index (χ2n) is 6.57. The number of nitrogens with zero attached hydrogens (tertiary/aromatic N) is 4. The zero-order valence-electron chi connectivity index (χ0n) is 15.2. The molecule has 1 atom stereocenters. The molecule has 0 amide bonds. The summed E-state index contributed by atoms with van der Waals surface area (Å²) in [6, 6.07) is 10.7. The molecule has 1 unspecified atom stereocenters. The van der Waals surface area contributed by atoms with Crippen LogP contribution in [0.15, 0.2) is 34.7 Å². The number of ether oxygens (including phenoxy) is 1. The minimum atomic E-state index is 0.515. The average Bonchev–Trinajstić information content (AvgIpc) is 3.05. The van der Waals surface area contributed by atoms with E-state index < -0.39 is 0 Å². The van der Waals surface area contributed by atoms with Gasteiger partial charge in [-0.05, 0) is 19.4 Å². The Morgan fingerprint density at radius 3 is 2.72 bits per heavy atom. The molecule has 0 radical (unpaired) electrons. The van der Waals surface area contributed by atoms with Crippen molar-refractivity contribution >= 4 is 0 Å². The van der Waals surface area contributed by atoms with Gasteiger partial charge in [0.1, 0.15) is 0 Å². The first kappa shape index (κ1) is 18.0. The molecular weight excluding hydrogens is 316 g/mol. The summed E-state index contributed by atoms with van der Waals surface area (Å²) in [5.74, 6) is 1.39. The Morgan fingerprint density at radius 2 is 1.96 bits per heavy atom. The van der Waals surface area contributed by atoms with Gasteiger partial charge in [0.2, 0.25) is 11.8 Å². The third-order valence-corrected chi connectivity index (χ3v) is 4.64. The van der Waals surface area contributed by atoms with Crippen LogP contribution in [0.5, 0.6) is 0 Å². The zero-order valence-corrected chi connectivity index (χ0v) is 15.2. The van der Waals surface area contributed by atoms with Gasteiger partial charge in [-0.1, -0.05) is 30.3 Å². The van der Waals surface area contributed by atoms with Crippen LogP contribution in [0.25, 0.3) is 0 Å². The molecule has 1 aliphatic heterocycles. The van der Waals surface area contributed by atoms with Gasteiger partial charge in [-0.2, -0.15) is 0 Å². The van der Waals surface area contributed by atoms with Crippen LogP contribution < -0.4 is 0 Å². The van der Waals surface area contributed by atoms with Crippen molar-refractivity contribution in [2.24, 2.45) is 0 Å². The first-order chi connectivity index (χ1) is 12.2. The lowest BCUT2D eigenvalue weighted by molar-refractivity contribution is 0.0435. The van der Waals surface area contributed by atoms with E-state index in [1.54, 1.807) is 0 Å². The number of benzene rings is 1. The second kappa shape index (κ2) is 9.08. The molecule has 3 rings (SSSR count). The van der Waals surface area contributed by atoms with Gasteiger partial charge >= 0.3 is 0 Å². The van der Waals surface area contributed by atoms with E-state index in [0.717, 1.165) is 45.9 Å². The van der Waals surface area contributed by atoms with Crippen molar-refractivity contribution in [3.8, 4) is 0 Å². The number of hydrogen-bond donors (Lipinski definition) is 0. The molecule has 25 heavy (non-hydrogen) atoms. The molecule has 2 aromatic rings. The maximum atomic E-state index is 5.83. The van der Waals surface area contributed by atoms with Gasteiger partial charge in [-0.25, -0.2) is 0 Å². The van der Waals surface area contributed by atoms with Crippen molar-refractivity contribution in [1.82, 2.24) is 20.0 Å². The summed E-state index contributed by atoms with van der Waals surface area (Å²) in [6.45, 7) is 10.7. The van der Waals surface area contributed by atoms with E-state index in [-0.39, 0.29) is 0 Å². The van der Waals surface area contributed by atoms with Crippen LogP contribution in [-0.4, -0.2) is 65.4 Å². The molecule has 0 bridgehead atoms. The molecular formula is C19H28N4O2. The molecule has 1 aromatic heterocycles. The van der Waals surface area contributed by atoms with Crippen LogP contribution in [-0.2, 0) is 17.7 Å². The predicted octanol–water partition coefficient (Wildman–Crippen LogP) is 2.20. The molecule has 0 spiro atoms. The topological polar surface area (TPSA) is 54.6 Å². The average molecular weight is 344 g/mol. The molecule has 1 aliphatic rings. The summed E-state index contributed by atoms with van der Waals surface area (Å²) in [6.07, 6.45) is 0.690. The Kier molecular flexibility index (Phi) is 6.55. The lowest BCUT2D eigenvalue weighted by atomic mass is 10.2. The van der Waals surface area contributed by atoms with Crippen LogP contribution in [0.4, 0.5) is 0 Å². The Bertz CT molecular complexity index is 631. The van der Waals surface area contributed by atoms with Gasteiger partial charge in [-0.3, -0.25) is 9.80 Å². The van der Waals surface area contributed by atoms with E-state index in [4.69, 9.17) is 9.15 Å². The maximum absolute atomic E-state index is 5.83. The van der Waals surface area contributed by atoms with Crippen LogP contribution >= 0.6 is 0 Å². The first-order valence-electron chi connectivity index (χ1n) is 9.14. The fourth-order valence-corrected chi connectivity index (χ4v) is 3.26. The molecule has 2 heterocycles. The highest BCUT2D eigenvalue weighted by molar-refractivity contribution is 5.17. The fraction of sp³-hybridized carbons (Fsp3) is 0.579. The molecule has 0 N–H and O–H groups in total. The van der Waals surface area contributed by atoms with Crippen molar-refractivity contribution in [3.63, 3.8) is 0 Å². The molecule has 1 fully saturated rings. The standard InChI is InChI=1S/C19H28N4O2/c1-3-24-12-11-23-10-9-22(14-16(23)2)15-19-21-20-18(25-19)13-17-7-5-4-6-8-17/h4-8,16H,3,9-15H2,1-2H3. The Balaban J connectivity index is 1.47. The number of aromatic nitrogens is 2. The smallest absolute Gasteiger partial charge is 0.230 e. The summed E-state index contributed by atoms with van der Waals surface area (Å²) in [5, 5.41) is 8.41. The third-order valence-electron chi connectivity index (χ3n) is 4.64. The monoisotopic (exact) mass is 344 g/mol. The molecule has 0 aliphatic carbocycles. The SMILES string of the molecule is CCOCCN1CCN(Cc2nnc(Cc3ccccc3)o2)CC1C. The minimum Gasteiger partial charge on any atom is -0.424 e. The molecule has 136 valence electrons. The van der Waals surface area contributed by atoms with Crippen molar-refractivity contribution in [1.29, 1.82) is 0 Å². The lowest BCUT2D eigenvalue weighted by Gasteiger charge is -2.39. The maximum Gasteiger partial charge on any atom is 0.230 e. The summed E-state index contributed by atoms with van der Waals surface area (Å²) >= 11 is 0. The van der Waals surface area contributed by atoms with Crippen LogP contribution in [0.3, 0.4) is 0 Å². The molecule has 6 nitrogen and oxygen atoms in total. The van der Waals surface area contributed by atoms with E-state index in [1.807, 2.05) is 25.1 Å². The van der Waals surface area contributed by atoms with Gasteiger partial charge in [0, 0.05) is 38.8 Å². The Morgan fingerprint density at radius 1 is 1.16 bits per heavy atom. The van der Waals surface area contributed by atoms with Crippen molar-refractivity contribution in [3.05, 3.63) is 47.7 Å². The zero-order chi connectivity index (χ0) is 17.5. The largest absolute Gasteiger partial charge is 0.424 e. The van der Waals surface area contributed by atoms with Crippen LogP contribution in [0.1, 0.15) is 31.2 Å². The van der Waals surface area contributed by atoms with Crippen molar-refractivity contribution in [2.75, 3.05) is 39.4 Å². The van der Waals surface area contributed by atoms with E-state index >= 15 is 0 Å². The Hall–Kier alpha value is -1.76. The van der Waals surface area contributed by atoms with E-state index in [0.29, 0.717) is 24.2 Å². The molecule has 6 heteroatoms. The highest BCUT2D eigenvalue weighted by Gasteiger charge is 2.24. The quantitative estimate of drug-likeness (QED) is 0.685. The normalized spacial score (nSPS) is 19.4. The van der Waals surface area contributed by atoms with E-state index in [9.17, 15) is 0 Å². The summed E-state index contributed by atoms with van der Waals surface area (Å²) in [5.41, 5.74) is 1.19. The second-order valence-corrected chi connectivity index (χ2v) is 6.57. The molecule has 1 saturated heterocycles. The van der Waals surface area contributed by atoms with Crippen molar-refractivity contribution in [2.45, 2.75) is 32.9 Å². The van der Waals surface area contributed by atoms with Crippen molar-refractivity contribution < 1.29 is 9.15 Å². The van der Waals surface area contributed by atoms with Crippen LogP contribution in [0.2, 0.25) is 0 Å². The molecule has 1 aromatic carbocycles. The Labute approximate surface area is 149 Å². The first-order valence-corrected chi connectivity index (χ1v) is 9.14.